The van der Waals surface area contributed by atoms with Gasteiger partial charge in [0, 0.05) is 29.2 Å². The quantitative estimate of drug-likeness (QED) is 0.723. The largest absolute Gasteiger partial charge is 0.331 e. The van der Waals surface area contributed by atoms with Crippen molar-refractivity contribution in [2.75, 3.05) is 5.32 Å². The molecule has 6 nitrogen and oxygen atoms in total. The van der Waals surface area contributed by atoms with Crippen LogP contribution in [0.15, 0.2) is 48.9 Å². The first-order chi connectivity index (χ1) is 11.7. The van der Waals surface area contributed by atoms with E-state index >= 15 is 0 Å². The maximum atomic E-state index is 11.9. The predicted octanol–water partition coefficient (Wildman–Crippen LogP) is 3.27. The summed E-state index contributed by atoms with van der Waals surface area (Å²) in [6.45, 7) is 3.24. The molecular formula is C17H19N5OS. The van der Waals surface area contributed by atoms with Crippen molar-refractivity contribution in [3.63, 3.8) is 0 Å². The number of aromatic nitrogens is 3. The smallest absolute Gasteiger partial charge is 0.319 e. The van der Waals surface area contributed by atoms with Gasteiger partial charge in [0.15, 0.2) is 0 Å². The molecule has 0 aliphatic heterocycles. The van der Waals surface area contributed by atoms with Gasteiger partial charge in [0.25, 0.3) is 0 Å². The van der Waals surface area contributed by atoms with E-state index in [0.29, 0.717) is 13.1 Å². The standard InChI is InChI=1S/C17H19N5OS/c1-2-15-10-18-16(24-15)11-19-17(23)21-14-6-4-13(5-7-14)12-22-9-3-8-20-22/h3-10H,2,11-12H2,1H3,(H2,19,21,23). The van der Waals surface area contributed by atoms with Crippen LogP contribution in [0, 0.1) is 0 Å². The van der Waals surface area contributed by atoms with Crippen LogP contribution in [0.5, 0.6) is 0 Å². The zero-order chi connectivity index (χ0) is 16.8. The minimum atomic E-state index is -0.233. The van der Waals surface area contributed by atoms with E-state index < -0.39 is 0 Å². The van der Waals surface area contributed by atoms with E-state index in [-0.39, 0.29) is 6.03 Å². The molecule has 3 aromatic rings. The number of carbonyl (C=O) groups excluding carboxylic acids is 1. The zero-order valence-electron chi connectivity index (χ0n) is 13.4. The molecule has 0 saturated heterocycles. The third-order valence-electron chi connectivity index (χ3n) is 3.47. The summed E-state index contributed by atoms with van der Waals surface area (Å²) in [5, 5.41) is 10.7. The number of anilines is 1. The number of benzene rings is 1. The molecule has 2 N–H and O–H groups in total. The van der Waals surface area contributed by atoms with Crippen LogP contribution < -0.4 is 10.6 Å². The lowest BCUT2D eigenvalue weighted by Crippen LogP contribution is -2.28. The molecule has 0 bridgehead atoms. The zero-order valence-corrected chi connectivity index (χ0v) is 14.2. The summed E-state index contributed by atoms with van der Waals surface area (Å²) in [6.07, 6.45) is 6.50. The van der Waals surface area contributed by atoms with Crippen LogP contribution in [0.2, 0.25) is 0 Å². The van der Waals surface area contributed by atoms with Crippen LogP contribution in [-0.4, -0.2) is 20.8 Å². The van der Waals surface area contributed by atoms with Crippen LogP contribution in [0.3, 0.4) is 0 Å². The van der Waals surface area contributed by atoms with E-state index in [1.165, 1.54) is 4.88 Å². The van der Waals surface area contributed by atoms with Crippen molar-refractivity contribution in [3.05, 3.63) is 64.4 Å². The van der Waals surface area contributed by atoms with Gasteiger partial charge in [0.2, 0.25) is 0 Å². The van der Waals surface area contributed by atoms with Gasteiger partial charge in [-0.3, -0.25) is 4.68 Å². The lowest BCUT2D eigenvalue weighted by atomic mass is 10.2. The van der Waals surface area contributed by atoms with E-state index in [0.717, 1.165) is 22.7 Å². The summed E-state index contributed by atoms with van der Waals surface area (Å²) in [6, 6.07) is 9.39. The van der Waals surface area contributed by atoms with Gasteiger partial charge >= 0.3 is 6.03 Å². The van der Waals surface area contributed by atoms with Crippen LogP contribution in [0.25, 0.3) is 0 Å². The number of thiazole rings is 1. The highest BCUT2D eigenvalue weighted by atomic mass is 32.1. The summed E-state index contributed by atoms with van der Waals surface area (Å²) in [5.74, 6) is 0. The highest BCUT2D eigenvalue weighted by molar-refractivity contribution is 7.11. The molecule has 2 amide bonds. The molecule has 3 rings (SSSR count). The van der Waals surface area contributed by atoms with E-state index in [2.05, 4.69) is 27.6 Å². The predicted molar refractivity (Wildman–Crippen MR) is 95.1 cm³/mol. The van der Waals surface area contributed by atoms with Gasteiger partial charge in [0.05, 0.1) is 13.1 Å². The van der Waals surface area contributed by atoms with Gasteiger partial charge in [-0.25, -0.2) is 9.78 Å². The summed E-state index contributed by atoms with van der Waals surface area (Å²) in [5.41, 5.74) is 1.88. The Kier molecular flexibility index (Phi) is 5.22. The molecule has 0 aliphatic rings. The summed E-state index contributed by atoms with van der Waals surface area (Å²) in [4.78, 5) is 17.4. The van der Waals surface area contributed by atoms with E-state index in [1.54, 1.807) is 17.5 Å². The molecule has 24 heavy (non-hydrogen) atoms. The summed E-state index contributed by atoms with van der Waals surface area (Å²) >= 11 is 1.62. The van der Waals surface area contributed by atoms with E-state index in [9.17, 15) is 4.79 Å². The fourth-order valence-corrected chi connectivity index (χ4v) is 3.00. The lowest BCUT2D eigenvalue weighted by molar-refractivity contribution is 0.251. The molecule has 2 heterocycles. The van der Waals surface area contributed by atoms with Gasteiger partial charge in [-0.1, -0.05) is 19.1 Å². The first kappa shape index (κ1) is 16.2. The molecule has 2 aromatic heterocycles. The second-order valence-electron chi connectivity index (χ2n) is 5.28. The molecular weight excluding hydrogens is 322 g/mol. The molecule has 0 saturated carbocycles. The number of amides is 2. The third-order valence-corrected chi connectivity index (χ3v) is 4.61. The number of nitrogens with zero attached hydrogens (tertiary/aromatic N) is 3. The number of nitrogens with one attached hydrogen (secondary N) is 2. The molecule has 1 aromatic carbocycles. The fraction of sp³-hybridized carbons (Fsp3) is 0.235. The topological polar surface area (TPSA) is 71.8 Å². The van der Waals surface area contributed by atoms with Crippen molar-refractivity contribution in [1.82, 2.24) is 20.1 Å². The molecule has 7 heteroatoms. The molecule has 0 spiro atoms. The molecule has 0 unspecified atom stereocenters. The minimum absolute atomic E-state index is 0.233. The number of carbonyl (C=O) groups is 1. The Labute approximate surface area is 144 Å². The first-order valence-corrected chi connectivity index (χ1v) is 8.59. The van der Waals surface area contributed by atoms with Crippen molar-refractivity contribution in [2.45, 2.75) is 26.4 Å². The number of hydrogen-bond acceptors (Lipinski definition) is 4. The molecule has 0 aliphatic carbocycles. The highest BCUT2D eigenvalue weighted by Crippen LogP contribution is 2.13. The van der Waals surface area contributed by atoms with Crippen molar-refractivity contribution < 1.29 is 4.79 Å². The number of rotatable bonds is 6. The first-order valence-electron chi connectivity index (χ1n) is 7.77. The van der Waals surface area contributed by atoms with Crippen molar-refractivity contribution in [1.29, 1.82) is 0 Å². The molecule has 124 valence electrons. The van der Waals surface area contributed by atoms with Crippen LogP contribution in [0.4, 0.5) is 10.5 Å². The van der Waals surface area contributed by atoms with Gasteiger partial charge in [-0.2, -0.15) is 5.10 Å². The van der Waals surface area contributed by atoms with Crippen molar-refractivity contribution in [2.24, 2.45) is 0 Å². The normalized spacial score (nSPS) is 10.5. The molecule has 0 fully saturated rings. The summed E-state index contributed by atoms with van der Waals surface area (Å²) in [7, 11) is 0. The maximum Gasteiger partial charge on any atom is 0.319 e. The Bertz CT molecular complexity index is 780. The van der Waals surface area contributed by atoms with Gasteiger partial charge < -0.3 is 10.6 Å². The van der Waals surface area contributed by atoms with Crippen molar-refractivity contribution in [3.8, 4) is 0 Å². The number of hydrogen-bond donors (Lipinski definition) is 2. The van der Waals surface area contributed by atoms with Crippen LogP contribution >= 0.6 is 11.3 Å². The average Bonchev–Trinajstić information content (AvgIpc) is 3.26. The Balaban J connectivity index is 1.48. The SMILES string of the molecule is CCc1cnc(CNC(=O)Nc2ccc(Cn3cccn3)cc2)s1. The van der Waals surface area contributed by atoms with Gasteiger partial charge in [-0.15, -0.1) is 11.3 Å². The Morgan fingerprint density at radius 2 is 2.12 bits per heavy atom. The number of urea groups is 1. The van der Waals surface area contributed by atoms with E-state index in [4.69, 9.17) is 0 Å². The minimum Gasteiger partial charge on any atom is -0.331 e. The second kappa shape index (κ2) is 7.74. The Morgan fingerprint density at radius 3 is 2.79 bits per heavy atom. The van der Waals surface area contributed by atoms with Crippen LogP contribution in [-0.2, 0) is 19.5 Å². The monoisotopic (exact) mass is 341 g/mol. The fourth-order valence-electron chi connectivity index (χ4n) is 2.20. The van der Waals surface area contributed by atoms with Crippen molar-refractivity contribution >= 4 is 23.1 Å². The second-order valence-corrected chi connectivity index (χ2v) is 6.48. The average molecular weight is 341 g/mol. The van der Waals surface area contributed by atoms with E-state index in [1.807, 2.05) is 47.4 Å². The van der Waals surface area contributed by atoms with Gasteiger partial charge in [-0.05, 0) is 30.2 Å². The number of aryl methyl sites for hydroxylation is 1. The maximum absolute atomic E-state index is 11.9. The summed E-state index contributed by atoms with van der Waals surface area (Å²) < 4.78 is 1.85. The Morgan fingerprint density at radius 1 is 1.29 bits per heavy atom. The van der Waals surface area contributed by atoms with Crippen LogP contribution in [0.1, 0.15) is 22.4 Å². The third kappa shape index (κ3) is 4.42. The molecule has 0 radical (unpaired) electrons. The lowest BCUT2D eigenvalue weighted by Gasteiger charge is -2.08. The Hall–Kier alpha value is -2.67. The highest BCUT2D eigenvalue weighted by Gasteiger charge is 2.05. The molecule has 0 atom stereocenters. The van der Waals surface area contributed by atoms with Gasteiger partial charge in [0.1, 0.15) is 5.01 Å².